The first-order chi connectivity index (χ1) is 8.56. The summed E-state index contributed by atoms with van der Waals surface area (Å²) in [7, 11) is 0. The number of H-pyrrole nitrogens is 1. The Morgan fingerprint density at radius 2 is 2.11 bits per heavy atom. The van der Waals surface area contributed by atoms with Crippen molar-refractivity contribution in [1.29, 1.82) is 0 Å². The van der Waals surface area contributed by atoms with Gasteiger partial charge in [0.05, 0.1) is 0 Å². The summed E-state index contributed by atoms with van der Waals surface area (Å²) in [5.41, 5.74) is -0.305. The number of carboxylic acids is 1. The number of aromatic nitrogens is 2. The average molecular weight is 267 g/mol. The maximum Gasteiger partial charge on any atom is 0.361 e. The number of nitrogens with zero attached hydrogens (tertiary/aromatic N) is 1. The molecule has 0 saturated carbocycles. The number of ether oxygens (including phenoxy) is 1. The van der Waals surface area contributed by atoms with Crippen molar-refractivity contribution in [2.24, 2.45) is 0 Å². The first kappa shape index (κ1) is 12.1. The van der Waals surface area contributed by atoms with E-state index in [1.54, 1.807) is 18.2 Å². The minimum absolute atomic E-state index is 0.0487. The Balaban J connectivity index is 2.14. The van der Waals surface area contributed by atoms with Gasteiger partial charge >= 0.3 is 11.9 Å². The average Bonchev–Trinajstić information content (AvgIpc) is 2.78. The molecule has 0 aliphatic heterocycles. The molecule has 92 valence electrons. The summed E-state index contributed by atoms with van der Waals surface area (Å²) in [5, 5.41) is 14.8. The van der Waals surface area contributed by atoms with Crippen LogP contribution >= 0.6 is 11.6 Å². The molecule has 0 saturated heterocycles. The van der Waals surface area contributed by atoms with Crippen molar-refractivity contribution >= 4 is 23.5 Å². The lowest BCUT2D eigenvalue weighted by molar-refractivity contribution is 0.0689. The molecule has 2 rings (SSSR count). The highest BCUT2D eigenvalue weighted by molar-refractivity contribution is 6.30. The van der Waals surface area contributed by atoms with Gasteiger partial charge in [0.2, 0.25) is 0 Å². The number of carbonyl (C=O) groups excluding carboxylic acids is 1. The molecule has 0 bridgehead atoms. The predicted molar refractivity (Wildman–Crippen MR) is 62.0 cm³/mol. The highest BCUT2D eigenvalue weighted by Gasteiger charge is 2.15. The molecule has 7 heteroatoms. The Morgan fingerprint density at radius 1 is 1.33 bits per heavy atom. The number of halogens is 1. The van der Waals surface area contributed by atoms with Crippen LogP contribution in [0.4, 0.5) is 0 Å². The van der Waals surface area contributed by atoms with Crippen LogP contribution < -0.4 is 4.74 Å². The third-order valence-corrected chi connectivity index (χ3v) is 2.26. The summed E-state index contributed by atoms with van der Waals surface area (Å²) >= 11 is 5.73. The minimum Gasteiger partial charge on any atom is -0.476 e. The molecule has 1 aromatic heterocycles. The van der Waals surface area contributed by atoms with Crippen LogP contribution in [-0.4, -0.2) is 27.2 Å². The lowest BCUT2D eigenvalue weighted by Crippen LogP contribution is -2.08. The highest BCUT2D eigenvalue weighted by atomic mass is 35.5. The number of carbonyl (C=O) groups is 2. The summed E-state index contributed by atoms with van der Waals surface area (Å²) in [5.74, 6) is -1.70. The quantitative estimate of drug-likeness (QED) is 0.654. The van der Waals surface area contributed by atoms with E-state index in [4.69, 9.17) is 21.4 Å². The number of hydrogen-bond acceptors (Lipinski definition) is 4. The molecule has 0 aliphatic rings. The lowest BCUT2D eigenvalue weighted by Gasteiger charge is -2.02. The van der Waals surface area contributed by atoms with Crippen LogP contribution in [0.2, 0.25) is 5.02 Å². The lowest BCUT2D eigenvalue weighted by atomic mass is 10.3. The normalized spacial score (nSPS) is 10.1. The Bertz CT molecular complexity index is 609. The van der Waals surface area contributed by atoms with Crippen molar-refractivity contribution in [3.05, 3.63) is 46.7 Å². The van der Waals surface area contributed by atoms with E-state index in [1.165, 1.54) is 6.07 Å². The van der Waals surface area contributed by atoms with E-state index in [9.17, 15) is 9.59 Å². The van der Waals surface area contributed by atoms with Gasteiger partial charge in [-0.05, 0) is 18.2 Å². The number of aromatic carboxylic acids is 1. The zero-order chi connectivity index (χ0) is 13.1. The third kappa shape index (κ3) is 2.67. The molecular weight excluding hydrogens is 260 g/mol. The summed E-state index contributed by atoms with van der Waals surface area (Å²) < 4.78 is 4.99. The summed E-state index contributed by atoms with van der Waals surface area (Å²) in [6.07, 6.45) is 0. The zero-order valence-electron chi connectivity index (χ0n) is 8.88. The molecule has 0 atom stereocenters. The maximum absolute atomic E-state index is 11.6. The van der Waals surface area contributed by atoms with E-state index in [2.05, 4.69) is 10.2 Å². The van der Waals surface area contributed by atoms with Gasteiger partial charge in [-0.2, -0.15) is 5.10 Å². The SMILES string of the molecule is O=C(O)c1cc(C(=O)Oc2cccc(Cl)c2)[nH]n1. The van der Waals surface area contributed by atoms with Crippen LogP contribution in [0.25, 0.3) is 0 Å². The Hall–Kier alpha value is -2.34. The molecule has 0 radical (unpaired) electrons. The van der Waals surface area contributed by atoms with Crippen LogP contribution in [0.1, 0.15) is 21.0 Å². The molecule has 0 amide bonds. The van der Waals surface area contributed by atoms with Crippen LogP contribution in [0.15, 0.2) is 30.3 Å². The zero-order valence-corrected chi connectivity index (χ0v) is 9.64. The van der Waals surface area contributed by atoms with Crippen molar-refractivity contribution in [3.63, 3.8) is 0 Å². The maximum atomic E-state index is 11.6. The van der Waals surface area contributed by atoms with Gasteiger partial charge in [0, 0.05) is 11.1 Å². The van der Waals surface area contributed by atoms with Crippen LogP contribution in [0.5, 0.6) is 5.75 Å². The fraction of sp³-hybridized carbons (Fsp3) is 0. The number of aromatic amines is 1. The molecule has 6 nitrogen and oxygen atoms in total. The number of benzene rings is 1. The third-order valence-electron chi connectivity index (χ3n) is 2.02. The summed E-state index contributed by atoms with van der Waals surface area (Å²) in [6.45, 7) is 0. The van der Waals surface area contributed by atoms with E-state index in [0.717, 1.165) is 6.07 Å². The van der Waals surface area contributed by atoms with Gasteiger partial charge in [-0.15, -0.1) is 0 Å². The highest BCUT2D eigenvalue weighted by Crippen LogP contribution is 2.18. The number of rotatable bonds is 3. The largest absolute Gasteiger partial charge is 0.476 e. The number of esters is 1. The molecule has 0 aliphatic carbocycles. The first-order valence-electron chi connectivity index (χ1n) is 4.83. The second kappa shape index (κ2) is 4.89. The Labute approximate surface area is 106 Å². The Morgan fingerprint density at radius 3 is 2.72 bits per heavy atom. The molecule has 2 aromatic rings. The van der Waals surface area contributed by atoms with Crippen LogP contribution in [0.3, 0.4) is 0 Å². The smallest absolute Gasteiger partial charge is 0.361 e. The molecule has 0 fully saturated rings. The molecule has 1 aromatic carbocycles. The van der Waals surface area contributed by atoms with Crippen molar-refractivity contribution in [2.75, 3.05) is 0 Å². The van der Waals surface area contributed by atoms with E-state index in [1.807, 2.05) is 0 Å². The summed E-state index contributed by atoms with van der Waals surface area (Å²) in [6, 6.07) is 7.37. The van der Waals surface area contributed by atoms with E-state index in [-0.39, 0.29) is 17.1 Å². The molecule has 2 N–H and O–H groups in total. The van der Waals surface area contributed by atoms with Gasteiger partial charge in [-0.3, -0.25) is 5.10 Å². The van der Waals surface area contributed by atoms with E-state index >= 15 is 0 Å². The molecule has 18 heavy (non-hydrogen) atoms. The van der Waals surface area contributed by atoms with Gasteiger partial charge in [-0.1, -0.05) is 17.7 Å². The van der Waals surface area contributed by atoms with Crippen molar-refractivity contribution in [1.82, 2.24) is 10.2 Å². The van der Waals surface area contributed by atoms with Crippen LogP contribution in [-0.2, 0) is 0 Å². The monoisotopic (exact) mass is 266 g/mol. The van der Waals surface area contributed by atoms with Crippen molar-refractivity contribution in [3.8, 4) is 5.75 Å². The van der Waals surface area contributed by atoms with Gasteiger partial charge in [-0.25, -0.2) is 9.59 Å². The molecule has 0 spiro atoms. The predicted octanol–water partition coefficient (Wildman–Crippen LogP) is 1.98. The Kier molecular flexibility index (Phi) is 3.29. The van der Waals surface area contributed by atoms with Crippen molar-refractivity contribution < 1.29 is 19.4 Å². The second-order valence-corrected chi connectivity index (χ2v) is 3.76. The van der Waals surface area contributed by atoms with Gasteiger partial charge in [0.15, 0.2) is 5.69 Å². The second-order valence-electron chi connectivity index (χ2n) is 3.32. The molecule has 1 heterocycles. The fourth-order valence-corrected chi connectivity index (χ4v) is 1.41. The number of carboxylic acid groups (broad SMARTS) is 1. The molecule has 0 unspecified atom stereocenters. The topological polar surface area (TPSA) is 92.3 Å². The fourth-order valence-electron chi connectivity index (χ4n) is 1.23. The summed E-state index contributed by atoms with van der Waals surface area (Å²) in [4.78, 5) is 22.2. The van der Waals surface area contributed by atoms with E-state index in [0.29, 0.717) is 5.02 Å². The van der Waals surface area contributed by atoms with Crippen molar-refractivity contribution in [2.45, 2.75) is 0 Å². The number of hydrogen-bond donors (Lipinski definition) is 2. The van der Waals surface area contributed by atoms with Gasteiger partial charge < -0.3 is 9.84 Å². The van der Waals surface area contributed by atoms with E-state index < -0.39 is 11.9 Å². The minimum atomic E-state index is -1.23. The molecular formula is C11H7ClN2O4. The first-order valence-corrected chi connectivity index (χ1v) is 5.20. The standard InChI is InChI=1S/C11H7ClN2O4/c12-6-2-1-3-7(4-6)18-11(17)9-5-8(10(15)16)13-14-9/h1-5H,(H,13,14)(H,15,16). The van der Waals surface area contributed by atoms with Gasteiger partial charge in [0.1, 0.15) is 11.4 Å². The van der Waals surface area contributed by atoms with Gasteiger partial charge in [0.25, 0.3) is 0 Å². The van der Waals surface area contributed by atoms with Crippen LogP contribution in [0, 0.1) is 0 Å². The number of nitrogens with one attached hydrogen (secondary N) is 1.